The Bertz CT molecular complexity index is 528. The second-order valence-electron chi connectivity index (χ2n) is 4.66. The normalized spacial score (nSPS) is 12.7. The van der Waals surface area contributed by atoms with E-state index >= 15 is 0 Å². The molecule has 0 saturated heterocycles. The smallest absolute Gasteiger partial charge is 0.0646 e. The third-order valence-corrected chi connectivity index (χ3v) is 4.50. The zero-order chi connectivity index (χ0) is 13.1. The van der Waals surface area contributed by atoms with Gasteiger partial charge in [0.2, 0.25) is 0 Å². The van der Waals surface area contributed by atoms with E-state index in [0.717, 1.165) is 12.8 Å². The Morgan fingerprint density at radius 3 is 2.33 bits per heavy atom. The predicted octanol–water partition coefficient (Wildman–Crippen LogP) is 4.23. The summed E-state index contributed by atoms with van der Waals surface area (Å²) in [7, 11) is 0. The standard InChI is InChI=1S/C16H21NS/c1-4-12-7-8-14(10-13(12)5-2)16(17)15-9-6-11(3)18-15/h6-10,16H,4-5,17H2,1-3H3. The summed E-state index contributed by atoms with van der Waals surface area (Å²) >= 11 is 1.79. The maximum atomic E-state index is 6.36. The quantitative estimate of drug-likeness (QED) is 0.873. The Kier molecular flexibility index (Phi) is 4.20. The first kappa shape index (κ1) is 13.3. The lowest BCUT2D eigenvalue weighted by atomic mass is 9.96. The van der Waals surface area contributed by atoms with Crippen molar-refractivity contribution in [2.75, 3.05) is 0 Å². The molecule has 1 nitrogen and oxygen atoms in total. The second-order valence-corrected chi connectivity index (χ2v) is 5.98. The van der Waals surface area contributed by atoms with Gasteiger partial charge in [-0.05, 0) is 48.6 Å². The van der Waals surface area contributed by atoms with E-state index in [1.165, 1.54) is 26.4 Å². The highest BCUT2D eigenvalue weighted by molar-refractivity contribution is 7.12. The van der Waals surface area contributed by atoms with E-state index in [0.29, 0.717) is 0 Å². The van der Waals surface area contributed by atoms with Gasteiger partial charge in [-0.2, -0.15) is 0 Å². The van der Waals surface area contributed by atoms with Gasteiger partial charge < -0.3 is 5.73 Å². The summed E-state index contributed by atoms with van der Waals surface area (Å²) in [6.45, 7) is 6.54. The van der Waals surface area contributed by atoms with Gasteiger partial charge in [0.05, 0.1) is 6.04 Å². The molecule has 0 amide bonds. The maximum absolute atomic E-state index is 6.36. The molecule has 1 heterocycles. The van der Waals surface area contributed by atoms with E-state index in [9.17, 15) is 0 Å². The van der Waals surface area contributed by atoms with Crippen molar-refractivity contribution in [3.05, 3.63) is 56.8 Å². The van der Waals surface area contributed by atoms with Crippen LogP contribution in [0.5, 0.6) is 0 Å². The summed E-state index contributed by atoms with van der Waals surface area (Å²) in [6, 6.07) is 11.0. The largest absolute Gasteiger partial charge is 0.320 e. The number of rotatable bonds is 4. The van der Waals surface area contributed by atoms with Crippen molar-refractivity contribution in [3.8, 4) is 0 Å². The SMILES string of the molecule is CCc1ccc(C(N)c2ccc(C)s2)cc1CC. The molecule has 2 rings (SSSR count). The summed E-state index contributed by atoms with van der Waals surface area (Å²) in [5.74, 6) is 0. The van der Waals surface area contributed by atoms with Crippen molar-refractivity contribution >= 4 is 11.3 Å². The van der Waals surface area contributed by atoms with Crippen LogP contribution < -0.4 is 5.73 Å². The molecule has 1 aromatic carbocycles. The maximum Gasteiger partial charge on any atom is 0.0646 e. The molecule has 0 aliphatic rings. The molecule has 0 radical (unpaired) electrons. The summed E-state index contributed by atoms with van der Waals surface area (Å²) in [5.41, 5.74) is 10.5. The van der Waals surface area contributed by atoms with Gasteiger partial charge in [0.25, 0.3) is 0 Å². The summed E-state index contributed by atoms with van der Waals surface area (Å²) in [6.07, 6.45) is 2.17. The molecule has 2 aromatic rings. The topological polar surface area (TPSA) is 26.0 Å². The number of nitrogens with two attached hydrogens (primary N) is 1. The molecule has 0 spiro atoms. The minimum atomic E-state index is 0.0138. The highest BCUT2D eigenvalue weighted by Gasteiger charge is 2.12. The minimum absolute atomic E-state index is 0.0138. The Morgan fingerprint density at radius 1 is 1.06 bits per heavy atom. The van der Waals surface area contributed by atoms with Gasteiger partial charge in [-0.1, -0.05) is 32.0 Å². The first-order chi connectivity index (χ1) is 8.65. The molecule has 2 N–H and O–H groups in total. The second kappa shape index (κ2) is 5.68. The summed E-state index contributed by atoms with van der Waals surface area (Å²) in [5, 5.41) is 0. The van der Waals surface area contributed by atoms with E-state index in [-0.39, 0.29) is 6.04 Å². The van der Waals surface area contributed by atoms with Gasteiger partial charge in [-0.25, -0.2) is 0 Å². The molecule has 0 fully saturated rings. The predicted molar refractivity (Wildman–Crippen MR) is 80.3 cm³/mol. The van der Waals surface area contributed by atoms with Crippen molar-refractivity contribution in [2.45, 2.75) is 39.7 Å². The van der Waals surface area contributed by atoms with Crippen molar-refractivity contribution in [2.24, 2.45) is 5.73 Å². The van der Waals surface area contributed by atoms with E-state index in [4.69, 9.17) is 5.73 Å². The fourth-order valence-corrected chi connectivity index (χ4v) is 3.21. The van der Waals surface area contributed by atoms with Crippen LogP contribution in [0.1, 0.15) is 46.3 Å². The van der Waals surface area contributed by atoms with Gasteiger partial charge in [0, 0.05) is 9.75 Å². The highest BCUT2D eigenvalue weighted by Crippen LogP contribution is 2.27. The molecule has 1 atom stereocenters. The molecule has 1 aromatic heterocycles. The number of hydrogen-bond donors (Lipinski definition) is 1. The van der Waals surface area contributed by atoms with Gasteiger partial charge in [0.1, 0.15) is 0 Å². The van der Waals surface area contributed by atoms with Crippen LogP contribution in [0.25, 0.3) is 0 Å². The molecule has 96 valence electrons. The van der Waals surface area contributed by atoms with E-state index < -0.39 is 0 Å². The van der Waals surface area contributed by atoms with Crippen LogP contribution in [0.4, 0.5) is 0 Å². The zero-order valence-corrected chi connectivity index (χ0v) is 12.2. The Morgan fingerprint density at radius 2 is 1.78 bits per heavy atom. The molecule has 0 aliphatic carbocycles. The van der Waals surface area contributed by atoms with Crippen molar-refractivity contribution < 1.29 is 0 Å². The van der Waals surface area contributed by atoms with Crippen molar-refractivity contribution in [3.63, 3.8) is 0 Å². The Hall–Kier alpha value is -1.12. The molecular weight excluding hydrogens is 238 g/mol. The van der Waals surface area contributed by atoms with Crippen LogP contribution in [0, 0.1) is 6.92 Å². The molecule has 1 unspecified atom stereocenters. The molecule has 0 saturated carbocycles. The van der Waals surface area contributed by atoms with Gasteiger partial charge in [-0.3, -0.25) is 0 Å². The lowest BCUT2D eigenvalue weighted by molar-refractivity contribution is 0.883. The van der Waals surface area contributed by atoms with Crippen LogP contribution in [0.3, 0.4) is 0 Å². The zero-order valence-electron chi connectivity index (χ0n) is 11.4. The fourth-order valence-electron chi connectivity index (χ4n) is 2.30. The van der Waals surface area contributed by atoms with Crippen LogP contribution in [0.2, 0.25) is 0 Å². The van der Waals surface area contributed by atoms with Crippen LogP contribution in [0.15, 0.2) is 30.3 Å². The monoisotopic (exact) mass is 259 g/mol. The molecule has 0 aliphatic heterocycles. The Balaban J connectivity index is 2.33. The summed E-state index contributed by atoms with van der Waals surface area (Å²) in [4.78, 5) is 2.57. The number of benzene rings is 1. The minimum Gasteiger partial charge on any atom is -0.320 e. The Labute approximate surface area is 114 Å². The van der Waals surface area contributed by atoms with E-state index in [2.05, 4.69) is 51.1 Å². The lowest BCUT2D eigenvalue weighted by Crippen LogP contribution is -2.11. The first-order valence-corrected chi connectivity index (χ1v) is 7.41. The fraction of sp³-hybridized carbons (Fsp3) is 0.375. The number of thiophene rings is 1. The van der Waals surface area contributed by atoms with Crippen molar-refractivity contribution in [1.82, 2.24) is 0 Å². The lowest BCUT2D eigenvalue weighted by Gasteiger charge is -2.14. The number of hydrogen-bond acceptors (Lipinski definition) is 2. The third kappa shape index (κ3) is 2.65. The highest BCUT2D eigenvalue weighted by atomic mass is 32.1. The molecule has 18 heavy (non-hydrogen) atoms. The first-order valence-electron chi connectivity index (χ1n) is 6.59. The van der Waals surface area contributed by atoms with Gasteiger partial charge in [-0.15, -0.1) is 11.3 Å². The molecule has 0 bridgehead atoms. The average molecular weight is 259 g/mol. The van der Waals surface area contributed by atoms with Crippen molar-refractivity contribution in [1.29, 1.82) is 0 Å². The summed E-state index contributed by atoms with van der Waals surface area (Å²) < 4.78 is 0. The average Bonchev–Trinajstić information content (AvgIpc) is 2.83. The van der Waals surface area contributed by atoms with Crippen LogP contribution >= 0.6 is 11.3 Å². The van der Waals surface area contributed by atoms with Crippen LogP contribution in [-0.2, 0) is 12.8 Å². The van der Waals surface area contributed by atoms with E-state index in [1.54, 1.807) is 11.3 Å². The van der Waals surface area contributed by atoms with Gasteiger partial charge >= 0.3 is 0 Å². The van der Waals surface area contributed by atoms with E-state index in [1.807, 2.05) is 0 Å². The molecule has 2 heteroatoms. The van der Waals surface area contributed by atoms with Crippen LogP contribution in [-0.4, -0.2) is 0 Å². The third-order valence-electron chi connectivity index (χ3n) is 3.42. The van der Waals surface area contributed by atoms with Gasteiger partial charge in [0.15, 0.2) is 0 Å². The number of aryl methyl sites for hydroxylation is 3. The molecular formula is C16H21NS.